The van der Waals surface area contributed by atoms with Crippen molar-refractivity contribution in [1.82, 2.24) is 15.0 Å². The first kappa shape index (κ1) is 15.0. The van der Waals surface area contributed by atoms with Gasteiger partial charge in [0.15, 0.2) is 0 Å². The van der Waals surface area contributed by atoms with Gasteiger partial charge in [-0.15, -0.1) is 0 Å². The first-order valence-electron chi connectivity index (χ1n) is 6.19. The largest absolute Gasteiger partial charge is 0.467 e. The Morgan fingerprint density at radius 2 is 2.00 bits per heavy atom. The molecule has 2 aromatic rings. The van der Waals surface area contributed by atoms with Crippen LogP contribution in [0.2, 0.25) is 0 Å². The summed E-state index contributed by atoms with van der Waals surface area (Å²) in [6.45, 7) is 1.76. The lowest BCUT2D eigenvalue weighted by molar-refractivity contribution is -0.139. The van der Waals surface area contributed by atoms with Crippen LogP contribution in [0.15, 0.2) is 30.6 Å². The first-order valence-corrected chi connectivity index (χ1v) is 6.19. The minimum Gasteiger partial charge on any atom is -0.467 e. The first-order chi connectivity index (χ1) is 9.91. The van der Waals surface area contributed by atoms with Crippen molar-refractivity contribution in [2.75, 3.05) is 5.73 Å². The van der Waals surface area contributed by atoms with E-state index in [0.717, 1.165) is 6.07 Å². The molecule has 0 aliphatic heterocycles. The fourth-order valence-electron chi connectivity index (χ4n) is 1.76. The molecule has 8 heteroatoms. The predicted octanol–water partition coefficient (Wildman–Crippen LogP) is 3.00. The van der Waals surface area contributed by atoms with E-state index < -0.39 is 23.7 Å². The van der Waals surface area contributed by atoms with Gasteiger partial charge in [0.2, 0.25) is 11.8 Å². The molecule has 0 aromatic carbocycles. The molecule has 2 aromatic heterocycles. The van der Waals surface area contributed by atoms with Gasteiger partial charge in [0.05, 0.1) is 5.69 Å². The Hall–Kier alpha value is -2.38. The number of halogens is 3. The summed E-state index contributed by atoms with van der Waals surface area (Å²) in [5.41, 5.74) is 4.95. The van der Waals surface area contributed by atoms with Crippen LogP contribution < -0.4 is 10.5 Å². The Kier molecular flexibility index (Phi) is 4.25. The second-order valence-electron chi connectivity index (χ2n) is 4.21. The lowest BCUT2D eigenvalue weighted by Crippen LogP contribution is -2.15. The Morgan fingerprint density at radius 1 is 1.24 bits per heavy atom. The molecule has 0 aliphatic carbocycles. The van der Waals surface area contributed by atoms with E-state index in [0.29, 0.717) is 12.1 Å². The van der Waals surface area contributed by atoms with Gasteiger partial charge in [-0.1, -0.05) is 6.92 Å². The molecule has 5 nitrogen and oxygen atoms in total. The molecule has 2 rings (SSSR count). The minimum atomic E-state index is -4.54. The van der Waals surface area contributed by atoms with Crippen LogP contribution in [0.4, 0.5) is 19.1 Å². The molecule has 2 heterocycles. The topological polar surface area (TPSA) is 73.9 Å². The molecular formula is C13H13F3N4O. The third-order valence-electron chi connectivity index (χ3n) is 2.73. The van der Waals surface area contributed by atoms with Crippen molar-refractivity contribution in [2.24, 2.45) is 0 Å². The summed E-state index contributed by atoms with van der Waals surface area (Å²) in [7, 11) is 0. The number of hydrogen-bond acceptors (Lipinski definition) is 5. The number of nitrogens with two attached hydrogens (primary N) is 1. The van der Waals surface area contributed by atoms with E-state index in [9.17, 15) is 13.2 Å². The van der Waals surface area contributed by atoms with Gasteiger partial charge in [0.25, 0.3) is 0 Å². The minimum absolute atomic E-state index is 0.0339. The lowest BCUT2D eigenvalue weighted by atomic mass is 10.2. The van der Waals surface area contributed by atoms with Crippen molar-refractivity contribution in [3.63, 3.8) is 0 Å². The summed E-state index contributed by atoms with van der Waals surface area (Å²) in [6, 6.07) is 3.67. The average molecular weight is 298 g/mol. The summed E-state index contributed by atoms with van der Waals surface area (Å²) in [5.74, 6) is -0.444. The molecule has 0 aliphatic rings. The van der Waals surface area contributed by atoms with E-state index in [1.165, 1.54) is 18.5 Å². The summed E-state index contributed by atoms with van der Waals surface area (Å²) >= 11 is 0. The van der Waals surface area contributed by atoms with Crippen LogP contribution in [0.3, 0.4) is 0 Å². The van der Waals surface area contributed by atoms with Crippen molar-refractivity contribution in [1.29, 1.82) is 0 Å². The number of nitrogens with zero attached hydrogens (tertiary/aromatic N) is 3. The number of rotatable bonds is 4. The maximum atomic E-state index is 12.9. The molecule has 0 amide bonds. The number of nitrogen functional groups attached to an aromatic ring is 1. The van der Waals surface area contributed by atoms with Crippen LogP contribution in [0, 0.1) is 0 Å². The zero-order chi connectivity index (χ0) is 15.5. The standard InChI is InChI=1S/C13H13F3N4O/c1-2-10(9-5-7-19-12(17)20-9)21-11-8(13(14,15)16)4-3-6-18-11/h3-7,10H,2H2,1H3,(H2,17,19,20). The second kappa shape index (κ2) is 5.94. The van der Waals surface area contributed by atoms with Gasteiger partial charge in [0.1, 0.15) is 11.7 Å². The fourth-order valence-corrected chi connectivity index (χ4v) is 1.76. The molecule has 0 saturated carbocycles. The van der Waals surface area contributed by atoms with E-state index in [1.54, 1.807) is 13.0 Å². The van der Waals surface area contributed by atoms with Crippen LogP contribution in [0.5, 0.6) is 5.88 Å². The van der Waals surface area contributed by atoms with E-state index in [1.807, 2.05) is 0 Å². The molecule has 0 fully saturated rings. The normalized spacial score (nSPS) is 13.0. The van der Waals surface area contributed by atoms with E-state index in [4.69, 9.17) is 10.5 Å². The van der Waals surface area contributed by atoms with Crippen LogP contribution in [0.25, 0.3) is 0 Å². The molecule has 2 N–H and O–H groups in total. The quantitative estimate of drug-likeness (QED) is 0.939. The van der Waals surface area contributed by atoms with Crippen molar-refractivity contribution in [3.05, 3.63) is 41.9 Å². The average Bonchev–Trinajstić information content (AvgIpc) is 2.44. The highest BCUT2D eigenvalue weighted by Gasteiger charge is 2.35. The van der Waals surface area contributed by atoms with Gasteiger partial charge < -0.3 is 10.5 Å². The third-order valence-corrected chi connectivity index (χ3v) is 2.73. The molecule has 0 radical (unpaired) electrons. The summed E-state index contributed by atoms with van der Waals surface area (Å²) in [5, 5.41) is 0. The highest BCUT2D eigenvalue weighted by Crippen LogP contribution is 2.36. The maximum absolute atomic E-state index is 12.9. The molecule has 0 spiro atoms. The Bertz CT molecular complexity index is 618. The number of anilines is 1. The monoisotopic (exact) mass is 298 g/mol. The van der Waals surface area contributed by atoms with Crippen molar-refractivity contribution >= 4 is 5.95 Å². The Morgan fingerprint density at radius 3 is 2.62 bits per heavy atom. The van der Waals surface area contributed by atoms with E-state index in [-0.39, 0.29) is 5.95 Å². The molecule has 21 heavy (non-hydrogen) atoms. The Balaban J connectivity index is 2.32. The zero-order valence-electron chi connectivity index (χ0n) is 11.1. The van der Waals surface area contributed by atoms with Gasteiger partial charge in [0, 0.05) is 12.4 Å². The number of hydrogen-bond donors (Lipinski definition) is 1. The fraction of sp³-hybridized carbons (Fsp3) is 0.308. The maximum Gasteiger partial charge on any atom is 0.421 e. The predicted molar refractivity (Wildman–Crippen MR) is 69.3 cm³/mol. The van der Waals surface area contributed by atoms with Gasteiger partial charge in [-0.2, -0.15) is 13.2 Å². The van der Waals surface area contributed by atoms with E-state index >= 15 is 0 Å². The number of pyridine rings is 1. The third kappa shape index (κ3) is 3.59. The number of aromatic nitrogens is 3. The number of ether oxygens (including phenoxy) is 1. The van der Waals surface area contributed by atoms with Crippen LogP contribution in [-0.4, -0.2) is 15.0 Å². The molecular weight excluding hydrogens is 285 g/mol. The zero-order valence-corrected chi connectivity index (χ0v) is 11.1. The molecule has 112 valence electrons. The van der Waals surface area contributed by atoms with Crippen molar-refractivity contribution < 1.29 is 17.9 Å². The van der Waals surface area contributed by atoms with E-state index in [2.05, 4.69) is 15.0 Å². The van der Waals surface area contributed by atoms with Crippen molar-refractivity contribution in [2.45, 2.75) is 25.6 Å². The number of alkyl halides is 3. The van der Waals surface area contributed by atoms with Gasteiger partial charge in [-0.05, 0) is 24.6 Å². The summed E-state index contributed by atoms with van der Waals surface area (Å²) in [4.78, 5) is 11.4. The van der Waals surface area contributed by atoms with Crippen LogP contribution in [-0.2, 0) is 6.18 Å². The highest BCUT2D eigenvalue weighted by atomic mass is 19.4. The molecule has 1 unspecified atom stereocenters. The second-order valence-corrected chi connectivity index (χ2v) is 4.21. The molecule has 1 atom stereocenters. The SMILES string of the molecule is CCC(Oc1ncccc1C(F)(F)F)c1ccnc(N)n1. The van der Waals surface area contributed by atoms with Gasteiger partial charge in [-0.3, -0.25) is 0 Å². The van der Waals surface area contributed by atoms with Crippen LogP contribution in [0.1, 0.15) is 30.7 Å². The Labute approximate surface area is 119 Å². The highest BCUT2D eigenvalue weighted by molar-refractivity contribution is 5.29. The summed E-state index contributed by atoms with van der Waals surface area (Å²) < 4.78 is 44.1. The molecule has 0 saturated heterocycles. The van der Waals surface area contributed by atoms with Crippen LogP contribution >= 0.6 is 0 Å². The summed E-state index contributed by atoms with van der Waals surface area (Å²) in [6.07, 6.45) is -2.15. The lowest BCUT2D eigenvalue weighted by Gasteiger charge is -2.19. The van der Waals surface area contributed by atoms with Gasteiger partial charge >= 0.3 is 6.18 Å². The smallest absolute Gasteiger partial charge is 0.421 e. The van der Waals surface area contributed by atoms with Crippen molar-refractivity contribution in [3.8, 4) is 5.88 Å². The van der Waals surface area contributed by atoms with Gasteiger partial charge in [-0.25, -0.2) is 15.0 Å². The molecule has 0 bridgehead atoms.